The first-order valence-electron chi connectivity index (χ1n) is 6.04. The molecule has 0 aliphatic rings. The van der Waals surface area contributed by atoms with Gasteiger partial charge in [-0.2, -0.15) is 0 Å². The number of benzene rings is 1. The van der Waals surface area contributed by atoms with Crippen molar-refractivity contribution in [1.29, 1.82) is 0 Å². The topological polar surface area (TPSA) is 66.4 Å². The summed E-state index contributed by atoms with van der Waals surface area (Å²) in [5.74, 6) is -1.46. The van der Waals surface area contributed by atoms with Gasteiger partial charge < -0.3 is 10.4 Å². The fourth-order valence-corrected chi connectivity index (χ4v) is 3.57. The van der Waals surface area contributed by atoms with Crippen LogP contribution in [0.5, 0.6) is 0 Å². The van der Waals surface area contributed by atoms with Gasteiger partial charge >= 0.3 is 5.97 Å². The second kappa shape index (κ2) is 6.60. The Balaban J connectivity index is 2.30. The molecule has 1 amide bonds. The van der Waals surface area contributed by atoms with Crippen LogP contribution in [0.15, 0.2) is 28.7 Å². The molecule has 0 radical (unpaired) electrons. The third-order valence-corrected chi connectivity index (χ3v) is 4.58. The predicted molar refractivity (Wildman–Crippen MR) is 87.8 cm³/mol. The number of carboxylic acid groups (broad SMARTS) is 1. The predicted octanol–water partition coefficient (Wildman–Crippen LogP) is 4.68. The molecule has 110 valence electrons. The molecule has 0 fully saturated rings. The van der Waals surface area contributed by atoms with Crippen molar-refractivity contribution >= 4 is 55.7 Å². The largest absolute Gasteiger partial charge is 0.478 e. The third kappa shape index (κ3) is 3.84. The van der Waals surface area contributed by atoms with Gasteiger partial charge in [0.05, 0.1) is 5.56 Å². The van der Waals surface area contributed by atoms with Crippen LogP contribution < -0.4 is 5.32 Å². The van der Waals surface area contributed by atoms with E-state index in [2.05, 4.69) is 21.2 Å². The third-order valence-electron chi connectivity index (χ3n) is 2.71. The number of hydrogen-bond acceptors (Lipinski definition) is 3. The van der Waals surface area contributed by atoms with Crippen molar-refractivity contribution in [2.75, 3.05) is 5.32 Å². The molecule has 0 saturated carbocycles. The number of nitrogens with one attached hydrogen (secondary N) is 1. The van der Waals surface area contributed by atoms with E-state index in [1.165, 1.54) is 17.4 Å². The maximum absolute atomic E-state index is 12.2. The van der Waals surface area contributed by atoms with Gasteiger partial charge in [-0.05, 0) is 30.7 Å². The lowest BCUT2D eigenvalue weighted by atomic mass is 10.2. The van der Waals surface area contributed by atoms with E-state index < -0.39 is 11.9 Å². The Kier molecular flexibility index (Phi) is 5.03. The highest BCUT2D eigenvalue weighted by molar-refractivity contribution is 9.10. The molecule has 0 aliphatic heterocycles. The number of aryl methyl sites for hydroxylation is 1. The van der Waals surface area contributed by atoms with Gasteiger partial charge in [0.15, 0.2) is 0 Å². The average Bonchev–Trinajstić information content (AvgIpc) is 2.80. The standard InChI is InChI=1S/C14H11BrClNO3S/c1-2-10-6-11(14(19)20)13(21-10)17-12(18)7-3-8(15)5-9(16)4-7/h3-6H,2H2,1H3,(H,17,18)(H,19,20). The number of aromatic carboxylic acids is 1. The van der Waals surface area contributed by atoms with Crippen LogP contribution in [-0.2, 0) is 6.42 Å². The van der Waals surface area contributed by atoms with Crippen molar-refractivity contribution in [1.82, 2.24) is 0 Å². The maximum Gasteiger partial charge on any atom is 0.338 e. The van der Waals surface area contributed by atoms with Gasteiger partial charge in [-0.15, -0.1) is 11.3 Å². The lowest BCUT2D eigenvalue weighted by Crippen LogP contribution is -2.13. The summed E-state index contributed by atoms with van der Waals surface area (Å²) < 4.78 is 0.680. The molecule has 2 rings (SSSR count). The van der Waals surface area contributed by atoms with Crippen LogP contribution >= 0.6 is 38.9 Å². The van der Waals surface area contributed by atoms with Gasteiger partial charge in [0.2, 0.25) is 0 Å². The van der Waals surface area contributed by atoms with Gasteiger partial charge in [0.1, 0.15) is 5.00 Å². The quantitative estimate of drug-likeness (QED) is 0.799. The Bertz CT molecular complexity index is 694. The van der Waals surface area contributed by atoms with E-state index in [0.29, 0.717) is 26.5 Å². The molecule has 2 N–H and O–H groups in total. The zero-order valence-electron chi connectivity index (χ0n) is 10.9. The Morgan fingerprint density at radius 1 is 1.33 bits per heavy atom. The van der Waals surface area contributed by atoms with E-state index in [0.717, 1.165) is 4.88 Å². The summed E-state index contributed by atoms with van der Waals surface area (Å²) >= 11 is 10.4. The first-order chi connectivity index (χ1) is 9.90. The van der Waals surface area contributed by atoms with Gasteiger partial charge in [-0.3, -0.25) is 4.79 Å². The number of hydrogen-bond donors (Lipinski definition) is 2. The Morgan fingerprint density at radius 2 is 2.05 bits per heavy atom. The lowest BCUT2D eigenvalue weighted by Gasteiger charge is -2.05. The Morgan fingerprint density at radius 3 is 2.62 bits per heavy atom. The molecule has 0 bridgehead atoms. The number of halogens is 2. The second-order valence-corrected chi connectivity index (χ2v) is 6.72. The minimum absolute atomic E-state index is 0.103. The molecule has 7 heteroatoms. The molecular formula is C14H11BrClNO3S. The number of rotatable bonds is 4. The molecule has 0 atom stereocenters. The first-order valence-corrected chi connectivity index (χ1v) is 8.03. The molecule has 0 aliphatic carbocycles. The molecule has 0 spiro atoms. The minimum atomic E-state index is -1.06. The highest BCUT2D eigenvalue weighted by atomic mass is 79.9. The normalized spacial score (nSPS) is 10.4. The van der Waals surface area contributed by atoms with Crippen molar-refractivity contribution in [2.24, 2.45) is 0 Å². The molecule has 2 aromatic rings. The molecule has 1 aromatic heterocycles. The van der Waals surface area contributed by atoms with Gasteiger partial charge in [0, 0.05) is 19.9 Å². The van der Waals surface area contributed by atoms with Crippen LogP contribution in [0.2, 0.25) is 5.02 Å². The molecule has 0 unspecified atom stereocenters. The van der Waals surface area contributed by atoms with Gasteiger partial charge in [0.25, 0.3) is 5.91 Å². The number of thiophene rings is 1. The minimum Gasteiger partial charge on any atom is -0.478 e. The summed E-state index contributed by atoms with van der Waals surface area (Å²) in [5.41, 5.74) is 0.462. The average molecular weight is 389 g/mol. The number of carbonyl (C=O) groups excluding carboxylic acids is 1. The fraction of sp³-hybridized carbons (Fsp3) is 0.143. The summed E-state index contributed by atoms with van der Waals surface area (Å²) in [6.45, 7) is 1.93. The summed E-state index contributed by atoms with van der Waals surface area (Å²) in [6.07, 6.45) is 0.712. The first kappa shape index (κ1) is 16.0. The monoisotopic (exact) mass is 387 g/mol. The fourth-order valence-electron chi connectivity index (χ4n) is 1.73. The van der Waals surface area contributed by atoms with Crippen LogP contribution in [0.3, 0.4) is 0 Å². The summed E-state index contributed by atoms with van der Waals surface area (Å²) in [6, 6.07) is 6.39. The van der Waals surface area contributed by atoms with Crippen LogP contribution in [0.4, 0.5) is 5.00 Å². The second-order valence-electron chi connectivity index (χ2n) is 4.23. The van der Waals surface area contributed by atoms with Crippen molar-refractivity contribution in [3.63, 3.8) is 0 Å². The van der Waals surface area contributed by atoms with Gasteiger partial charge in [-0.25, -0.2) is 4.79 Å². The van der Waals surface area contributed by atoms with Crippen LogP contribution in [0, 0.1) is 0 Å². The number of carboxylic acids is 1. The summed E-state index contributed by atoms with van der Waals surface area (Å²) in [7, 11) is 0. The highest BCUT2D eigenvalue weighted by Crippen LogP contribution is 2.29. The van der Waals surface area contributed by atoms with Gasteiger partial charge in [-0.1, -0.05) is 34.5 Å². The van der Waals surface area contributed by atoms with Crippen molar-refractivity contribution in [3.05, 3.63) is 49.8 Å². The number of anilines is 1. The molecule has 1 aromatic carbocycles. The van der Waals surface area contributed by atoms with E-state index in [9.17, 15) is 14.7 Å². The van der Waals surface area contributed by atoms with E-state index in [1.807, 2.05) is 6.92 Å². The summed E-state index contributed by atoms with van der Waals surface area (Å²) in [4.78, 5) is 24.3. The molecule has 1 heterocycles. The smallest absolute Gasteiger partial charge is 0.338 e. The van der Waals surface area contributed by atoms with Crippen molar-refractivity contribution < 1.29 is 14.7 Å². The molecule has 21 heavy (non-hydrogen) atoms. The van der Waals surface area contributed by atoms with Crippen LogP contribution in [-0.4, -0.2) is 17.0 Å². The summed E-state index contributed by atoms with van der Waals surface area (Å²) in [5, 5.41) is 12.6. The Labute approximate surface area is 138 Å². The van der Waals surface area contributed by atoms with E-state index in [1.54, 1.807) is 18.2 Å². The van der Waals surface area contributed by atoms with Crippen LogP contribution in [0.25, 0.3) is 0 Å². The van der Waals surface area contributed by atoms with E-state index in [-0.39, 0.29) is 5.56 Å². The highest BCUT2D eigenvalue weighted by Gasteiger charge is 2.17. The molecule has 0 saturated heterocycles. The lowest BCUT2D eigenvalue weighted by molar-refractivity contribution is 0.0698. The van der Waals surface area contributed by atoms with Crippen molar-refractivity contribution in [2.45, 2.75) is 13.3 Å². The maximum atomic E-state index is 12.2. The van der Waals surface area contributed by atoms with Crippen LogP contribution in [0.1, 0.15) is 32.5 Å². The van der Waals surface area contributed by atoms with E-state index >= 15 is 0 Å². The SMILES string of the molecule is CCc1cc(C(=O)O)c(NC(=O)c2cc(Cl)cc(Br)c2)s1. The number of amides is 1. The van der Waals surface area contributed by atoms with Crippen molar-refractivity contribution in [3.8, 4) is 0 Å². The Hall–Kier alpha value is -1.37. The molecular weight excluding hydrogens is 378 g/mol. The van der Waals surface area contributed by atoms with E-state index in [4.69, 9.17) is 11.6 Å². The molecule has 4 nitrogen and oxygen atoms in total. The number of carbonyl (C=O) groups is 2. The zero-order chi connectivity index (χ0) is 15.6. The zero-order valence-corrected chi connectivity index (χ0v) is 14.1.